The molecule has 2 nitrogen and oxygen atoms in total. The van der Waals surface area contributed by atoms with E-state index in [0.29, 0.717) is 0 Å². The van der Waals surface area contributed by atoms with Crippen LogP contribution in [0.5, 0.6) is 0 Å². The molecule has 0 amide bonds. The molecular weight excluding hydrogens is 295 g/mol. The minimum absolute atomic E-state index is 0.0105. The van der Waals surface area contributed by atoms with E-state index in [1.54, 1.807) is 0 Å². The molecule has 0 heterocycles. The molecule has 0 bridgehead atoms. The lowest BCUT2D eigenvalue weighted by Gasteiger charge is -2.09. The Labute approximate surface area is 115 Å². The van der Waals surface area contributed by atoms with E-state index in [0.717, 1.165) is 36.4 Å². The number of carbonyl (C=O) groups is 1. The van der Waals surface area contributed by atoms with Crippen LogP contribution in [0.15, 0.2) is 36.4 Å². The van der Waals surface area contributed by atoms with E-state index in [9.17, 15) is 26.7 Å². The largest absolute Gasteiger partial charge is 0.478 e. The number of rotatable bonds is 2. The summed E-state index contributed by atoms with van der Waals surface area (Å²) in [6, 6.07) is 5.30. The van der Waals surface area contributed by atoms with E-state index in [4.69, 9.17) is 5.11 Å². The Morgan fingerprint density at radius 3 is 1.95 bits per heavy atom. The molecule has 1 N–H and O–H groups in total. The number of aromatic carboxylic acids is 1. The van der Waals surface area contributed by atoms with Gasteiger partial charge in [-0.15, -0.1) is 0 Å². The highest BCUT2D eigenvalue weighted by atomic mass is 19.4. The van der Waals surface area contributed by atoms with Gasteiger partial charge in [-0.2, -0.15) is 13.2 Å². The van der Waals surface area contributed by atoms with E-state index in [1.807, 2.05) is 0 Å². The van der Waals surface area contributed by atoms with Crippen molar-refractivity contribution < 1.29 is 31.9 Å². The number of carboxylic acid groups (broad SMARTS) is 1. The van der Waals surface area contributed by atoms with Gasteiger partial charge in [-0.3, -0.25) is 0 Å². The highest BCUT2D eigenvalue weighted by Gasteiger charge is 2.30. The fraction of sp³-hybridized carbons (Fsp3) is 0.0714. The van der Waals surface area contributed by atoms with Crippen molar-refractivity contribution in [3.63, 3.8) is 0 Å². The Morgan fingerprint density at radius 2 is 1.48 bits per heavy atom. The maximum absolute atomic E-state index is 13.8. The molecule has 2 rings (SSSR count). The summed E-state index contributed by atoms with van der Waals surface area (Å²) < 4.78 is 64.5. The Bertz CT molecular complexity index is 690. The third kappa shape index (κ3) is 2.86. The molecule has 0 aliphatic carbocycles. The van der Waals surface area contributed by atoms with E-state index >= 15 is 0 Å². The molecule has 7 heteroatoms. The van der Waals surface area contributed by atoms with Crippen molar-refractivity contribution in [2.45, 2.75) is 6.18 Å². The van der Waals surface area contributed by atoms with Crippen molar-refractivity contribution in [1.29, 1.82) is 0 Å². The fourth-order valence-corrected chi connectivity index (χ4v) is 1.78. The maximum atomic E-state index is 13.8. The standard InChI is InChI=1S/C14H7F5O2/c15-11-9(5-6-10(12(11)16)13(20)21)7-1-3-8(4-2-7)14(17,18)19/h1-6H,(H,20,21). The number of alkyl halides is 3. The van der Waals surface area contributed by atoms with Crippen molar-refractivity contribution in [1.82, 2.24) is 0 Å². The summed E-state index contributed by atoms with van der Waals surface area (Å²) in [6.45, 7) is 0. The van der Waals surface area contributed by atoms with Gasteiger partial charge in [-0.1, -0.05) is 18.2 Å². The Morgan fingerprint density at radius 1 is 0.905 bits per heavy atom. The number of benzene rings is 2. The molecule has 0 radical (unpaired) electrons. The van der Waals surface area contributed by atoms with Crippen molar-refractivity contribution in [2.24, 2.45) is 0 Å². The highest BCUT2D eigenvalue weighted by Crippen LogP contribution is 2.32. The van der Waals surface area contributed by atoms with Crippen LogP contribution in [-0.4, -0.2) is 11.1 Å². The Balaban J connectivity index is 2.48. The zero-order valence-electron chi connectivity index (χ0n) is 10.2. The summed E-state index contributed by atoms with van der Waals surface area (Å²) in [5.74, 6) is -4.61. The van der Waals surface area contributed by atoms with Gasteiger partial charge in [0.25, 0.3) is 0 Å². The fourth-order valence-electron chi connectivity index (χ4n) is 1.78. The molecule has 0 saturated heterocycles. The molecule has 0 unspecified atom stereocenters. The molecule has 110 valence electrons. The van der Waals surface area contributed by atoms with Crippen molar-refractivity contribution in [3.05, 3.63) is 59.2 Å². The monoisotopic (exact) mass is 302 g/mol. The highest BCUT2D eigenvalue weighted by molar-refractivity contribution is 5.88. The molecule has 0 aliphatic heterocycles. The lowest BCUT2D eigenvalue weighted by molar-refractivity contribution is -0.137. The average molecular weight is 302 g/mol. The summed E-state index contributed by atoms with van der Waals surface area (Å²) in [7, 11) is 0. The third-order valence-corrected chi connectivity index (χ3v) is 2.84. The smallest absolute Gasteiger partial charge is 0.416 e. The van der Waals surface area contributed by atoms with Crippen LogP contribution in [0.4, 0.5) is 22.0 Å². The van der Waals surface area contributed by atoms with E-state index in [1.165, 1.54) is 0 Å². The number of halogens is 5. The van der Waals surface area contributed by atoms with Gasteiger partial charge in [-0.25, -0.2) is 13.6 Å². The first-order chi connectivity index (χ1) is 9.71. The first kappa shape index (κ1) is 15.0. The predicted molar refractivity (Wildman–Crippen MR) is 63.8 cm³/mol. The van der Waals surface area contributed by atoms with Gasteiger partial charge in [0.15, 0.2) is 11.6 Å². The molecule has 0 spiro atoms. The predicted octanol–water partition coefficient (Wildman–Crippen LogP) is 4.35. The SMILES string of the molecule is O=C(O)c1ccc(-c2ccc(C(F)(F)F)cc2)c(F)c1F. The topological polar surface area (TPSA) is 37.3 Å². The van der Waals surface area contributed by atoms with Crippen LogP contribution in [0.3, 0.4) is 0 Å². The molecule has 0 fully saturated rings. The van der Waals surface area contributed by atoms with Crippen LogP contribution in [0, 0.1) is 11.6 Å². The van der Waals surface area contributed by atoms with Gasteiger partial charge < -0.3 is 5.11 Å². The number of hydrogen-bond donors (Lipinski definition) is 1. The number of carboxylic acids is 1. The van der Waals surface area contributed by atoms with E-state index in [2.05, 4.69) is 0 Å². The Hall–Kier alpha value is -2.44. The Kier molecular flexibility index (Phi) is 3.67. The minimum Gasteiger partial charge on any atom is -0.478 e. The molecule has 0 saturated carbocycles. The third-order valence-electron chi connectivity index (χ3n) is 2.84. The van der Waals surface area contributed by atoms with Crippen LogP contribution in [0.1, 0.15) is 15.9 Å². The zero-order valence-corrected chi connectivity index (χ0v) is 10.2. The van der Waals surface area contributed by atoms with E-state index < -0.39 is 34.9 Å². The molecule has 21 heavy (non-hydrogen) atoms. The molecule has 2 aromatic carbocycles. The van der Waals surface area contributed by atoms with Crippen LogP contribution < -0.4 is 0 Å². The van der Waals surface area contributed by atoms with Crippen LogP contribution in [0.25, 0.3) is 11.1 Å². The quantitative estimate of drug-likeness (QED) is 0.837. The van der Waals surface area contributed by atoms with Crippen LogP contribution in [-0.2, 0) is 6.18 Å². The van der Waals surface area contributed by atoms with Crippen molar-refractivity contribution in [3.8, 4) is 11.1 Å². The molecule has 0 aliphatic rings. The van der Waals surface area contributed by atoms with Gasteiger partial charge in [0.1, 0.15) is 0 Å². The number of hydrogen-bond acceptors (Lipinski definition) is 1. The second-order valence-electron chi connectivity index (χ2n) is 4.17. The molecule has 0 aromatic heterocycles. The molecule has 2 aromatic rings. The van der Waals surface area contributed by atoms with Gasteiger partial charge in [0, 0.05) is 5.56 Å². The molecular formula is C14H7F5O2. The summed E-state index contributed by atoms with van der Waals surface area (Å²) in [5.41, 5.74) is -2.07. The lowest BCUT2D eigenvalue weighted by Crippen LogP contribution is -2.05. The first-order valence-corrected chi connectivity index (χ1v) is 5.60. The van der Waals surface area contributed by atoms with Gasteiger partial charge in [-0.05, 0) is 23.8 Å². The summed E-state index contributed by atoms with van der Waals surface area (Å²) >= 11 is 0. The zero-order chi connectivity index (χ0) is 15.8. The normalized spacial score (nSPS) is 11.5. The lowest BCUT2D eigenvalue weighted by atomic mass is 10.0. The summed E-state index contributed by atoms with van der Waals surface area (Å²) in [4.78, 5) is 10.6. The molecule has 0 atom stereocenters. The second-order valence-corrected chi connectivity index (χ2v) is 4.17. The van der Waals surface area contributed by atoms with Gasteiger partial charge >= 0.3 is 12.1 Å². The van der Waals surface area contributed by atoms with E-state index in [-0.39, 0.29) is 11.1 Å². The van der Waals surface area contributed by atoms with Gasteiger partial charge in [0.05, 0.1) is 11.1 Å². The minimum atomic E-state index is -4.53. The summed E-state index contributed by atoms with van der Waals surface area (Å²) in [5, 5.41) is 8.65. The van der Waals surface area contributed by atoms with Crippen LogP contribution in [0.2, 0.25) is 0 Å². The maximum Gasteiger partial charge on any atom is 0.416 e. The average Bonchev–Trinajstić information content (AvgIpc) is 2.40. The van der Waals surface area contributed by atoms with Crippen molar-refractivity contribution in [2.75, 3.05) is 0 Å². The first-order valence-electron chi connectivity index (χ1n) is 5.60. The second kappa shape index (κ2) is 5.16. The van der Waals surface area contributed by atoms with Crippen LogP contribution >= 0.6 is 0 Å². The van der Waals surface area contributed by atoms with Crippen molar-refractivity contribution >= 4 is 5.97 Å². The van der Waals surface area contributed by atoms with Gasteiger partial charge in [0.2, 0.25) is 0 Å². The summed E-state index contributed by atoms with van der Waals surface area (Å²) in [6.07, 6.45) is -4.53.